The number of hydrogen-bond donors (Lipinski definition) is 2. The summed E-state index contributed by atoms with van der Waals surface area (Å²) in [5, 5.41) is 12.7. The Hall–Kier alpha value is -4.43. The summed E-state index contributed by atoms with van der Waals surface area (Å²) in [6.45, 7) is 9.96. The molecule has 0 saturated heterocycles. The maximum Gasteiger partial charge on any atom is 0.416 e. The number of carbonyl (C=O) groups is 2. The van der Waals surface area contributed by atoms with Crippen molar-refractivity contribution in [2.75, 3.05) is 20.6 Å². The SMILES string of the molecule is Cc1cccc(C)c1-c1cc(C#CC2(C)CC2)nc([C@H](CC(=O)O)NC(=O)[C@H](CC(C)C)n2cc(CCN(C)C)c(C(F)(F)F)cc2=O)c1. The molecule has 1 fully saturated rings. The van der Waals surface area contributed by atoms with Crippen LogP contribution in [0.3, 0.4) is 0 Å². The number of alkyl halides is 3. The lowest BCUT2D eigenvalue weighted by molar-refractivity contribution is -0.139. The molecule has 2 heterocycles. The molecule has 3 aromatic rings. The zero-order chi connectivity index (χ0) is 36.3. The number of rotatable bonds is 12. The lowest BCUT2D eigenvalue weighted by atomic mass is 9.94. The summed E-state index contributed by atoms with van der Waals surface area (Å²) in [5.74, 6) is 4.41. The van der Waals surface area contributed by atoms with E-state index in [0.29, 0.717) is 11.8 Å². The van der Waals surface area contributed by atoms with E-state index in [2.05, 4.69) is 24.1 Å². The van der Waals surface area contributed by atoms with Crippen LogP contribution in [0.5, 0.6) is 0 Å². The van der Waals surface area contributed by atoms with Gasteiger partial charge in [0.15, 0.2) is 0 Å². The number of likely N-dealkylation sites (N-methyl/N-ethyl adjacent to an activating group) is 1. The molecule has 0 radical (unpaired) electrons. The molecular weight excluding hydrogens is 633 g/mol. The van der Waals surface area contributed by atoms with E-state index in [1.807, 2.05) is 52.0 Å². The van der Waals surface area contributed by atoms with Gasteiger partial charge in [-0.2, -0.15) is 13.2 Å². The first-order valence-corrected chi connectivity index (χ1v) is 16.5. The molecule has 1 saturated carbocycles. The Labute approximate surface area is 285 Å². The summed E-state index contributed by atoms with van der Waals surface area (Å²) in [6, 6.07) is 7.70. The van der Waals surface area contributed by atoms with Gasteiger partial charge in [-0.15, -0.1) is 0 Å². The highest BCUT2D eigenvalue weighted by Gasteiger charge is 2.36. The number of aliphatic carboxylic acids is 1. The highest BCUT2D eigenvalue weighted by Crippen LogP contribution is 2.44. The zero-order valence-corrected chi connectivity index (χ0v) is 29.2. The van der Waals surface area contributed by atoms with E-state index in [1.54, 1.807) is 25.1 Å². The molecule has 2 aromatic heterocycles. The van der Waals surface area contributed by atoms with Gasteiger partial charge in [-0.3, -0.25) is 14.4 Å². The molecule has 0 unspecified atom stereocenters. The maximum absolute atomic E-state index is 14.1. The molecule has 2 N–H and O–H groups in total. The fourth-order valence-electron chi connectivity index (χ4n) is 5.84. The monoisotopic (exact) mass is 678 g/mol. The third kappa shape index (κ3) is 9.82. The van der Waals surface area contributed by atoms with Gasteiger partial charge in [-0.1, -0.05) is 38.0 Å². The van der Waals surface area contributed by atoms with Gasteiger partial charge >= 0.3 is 12.1 Å². The summed E-state index contributed by atoms with van der Waals surface area (Å²) in [4.78, 5) is 46.0. The Morgan fingerprint density at radius 2 is 1.78 bits per heavy atom. The summed E-state index contributed by atoms with van der Waals surface area (Å²) in [7, 11) is 3.46. The molecule has 4 rings (SSSR count). The number of hydrogen-bond acceptors (Lipinski definition) is 5. The van der Waals surface area contributed by atoms with Crippen LogP contribution in [0, 0.1) is 37.0 Å². The number of nitrogens with zero attached hydrogens (tertiary/aromatic N) is 3. The summed E-state index contributed by atoms with van der Waals surface area (Å²) < 4.78 is 43.0. The number of carbonyl (C=O) groups excluding carboxylic acids is 1. The number of pyridine rings is 2. The van der Waals surface area contributed by atoms with Crippen LogP contribution >= 0.6 is 0 Å². The predicted molar refractivity (Wildman–Crippen MR) is 183 cm³/mol. The third-order valence-corrected chi connectivity index (χ3v) is 8.79. The molecule has 1 aliphatic rings. The average Bonchev–Trinajstić information content (AvgIpc) is 3.74. The number of aromatic nitrogens is 2. The first kappa shape index (κ1) is 37.4. The van der Waals surface area contributed by atoms with Gasteiger partial charge in [0, 0.05) is 24.2 Å². The van der Waals surface area contributed by atoms with Gasteiger partial charge in [0.2, 0.25) is 5.91 Å². The highest BCUT2D eigenvalue weighted by atomic mass is 19.4. The molecule has 8 nitrogen and oxygen atoms in total. The lowest BCUT2D eigenvalue weighted by Gasteiger charge is -2.26. The van der Waals surface area contributed by atoms with Crippen molar-refractivity contribution in [2.24, 2.45) is 11.3 Å². The molecule has 11 heteroatoms. The second-order valence-electron chi connectivity index (χ2n) is 14.1. The van der Waals surface area contributed by atoms with Gasteiger partial charge < -0.3 is 19.9 Å². The fourth-order valence-corrected chi connectivity index (χ4v) is 5.84. The first-order chi connectivity index (χ1) is 22.9. The second-order valence-corrected chi connectivity index (χ2v) is 14.1. The van der Waals surface area contributed by atoms with Crippen LogP contribution in [0.4, 0.5) is 13.2 Å². The van der Waals surface area contributed by atoms with Crippen LogP contribution in [0.15, 0.2) is 47.4 Å². The van der Waals surface area contributed by atoms with Crippen molar-refractivity contribution < 1.29 is 27.9 Å². The molecule has 1 aliphatic carbocycles. The van der Waals surface area contributed by atoms with E-state index in [4.69, 9.17) is 4.98 Å². The van der Waals surface area contributed by atoms with Gasteiger partial charge in [-0.05, 0) is 112 Å². The second kappa shape index (κ2) is 15.0. The molecule has 0 spiro atoms. The fraction of sp³-hybridized carbons (Fsp3) is 0.474. The number of nitrogens with one attached hydrogen (secondary N) is 1. The summed E-state index contributed by atoms with van der Waals surface area (Å²) in [5.41, 5.74) is 2.16. The molecule has 0 bridgehead atoms. The van der Waals surface area contributed by atoms with Crippen molar-refractivity contribution >= 4 is 11.9 Å². The Balaban J connectivity index is 1.82. The molecule has 0 aliphatic heterocycles. The Morgan fingerprint density at radius 1 is 1.12 bits per heavy atom. The van der Waals surface area contributed by atoms with Crippen LogP contribution < -0.4 is 10.9 Å². The first-order valence-electron chi connectivity index (χ1n) is 16.5. The predicted octanol–water partition coefficient (Wildman–Crippen LogP) is 6.72. The molecule has 2 atom stereocenters. The van der Waals surface area contributed by atoms with E-state index < -0.39 is 47.7 Å². The van der Waals surface area contributed by atoms with E-state index in [-0.39, 0.29) is 42.0 Å². The molecule has 1 aromatic carbocycles. The van der Waals surface area contributed by atoms with Gasteiger partial charge in [0.05, 0.1) is 23.7 Å². The largest absolute Gasteiger partial charge is 0.481 e. The lowest BCUT2D eigenvalue weighted by Crippen LogP contribution is -2.41. The minimum absolute atomic E-state index is 0.00231. The smallest absolute Gasteiger partial charge is 0.416 e. The molecule has 49 heavy (non-hydrogen) atoms. The van der Waals surface area contributed by atoms with E-state index in [9.17, 15) is 32.7 Å². The van der Waals surface area contributed by atoms with E-state index in [0.717, 1.165) is 45.9 Å². The number of benzene rings is 1. The number of carboxylic acid groups (broad SMARTS) is 1. The van der Waals surface area contributed by atoms with Crippen molar-refractivity contribution in [1.82, 2.24) is 19.8 Å². The van der Waals surface area contributed by atoms with Crippen LogP contribution in [0.2, 0.25) is 0 Å². The number of halogens is 3. The van der Waals surface area contributed by atoms with Crippen molar-refractivity contribution in [3.63, 3.8) is 0 Å². The highest BCUT2D eigenvalue weighted by molar-refractivity contribution is 5.82. The van der Waals surface area contributed by atoms with Gasteiger partial charge in [0.25, 0.3) is 5.56 Å². The standard InChI is InChI=1S/C38H45F3N4O4/c1-23(2)17-32(45-22-26(12-16-44(6)7)29(20-33(45)46)38(39,40)41)36(49)43-31(21-34(47)48)30-19-27(35-24(3)9-8-10-25(35)4)18-28(42-30)11-13-37(5)14-15-37/h8-10,18-20,22-23,31-32H,12,14-17,21H2,1-7H3,(H,43,49)(H,47,48)/t31-,32-/m0/s1. The topological polar surface area (TPSA) is 105 Å². The van der Waals surface area contributed by atoms with Gasteiger partial charge in [0.1, 0.15) is 11.7 Å². The average molecular weight is 679 g/mol. The molecular formula is C38H45F3N4O4. The Kier molecular flexibility index (Phi) is 11.4. The van der Waals surface area contributed by atoms with Crippen LogP contribution in [0.25, 0.3) is 11.1 Å². The zero-order valence-electron chi connectivity index (χ0n) is 29.2. The van der Waals surface area contributed by atoms with Gasteiger partial charge in [-0.25, -0.2) is 4.98 Å². The normalized spacial score (nSPS) is 15.0. The quantitative estimate of drug-likeness (QED) is 0.206. The van der Waals surface area contributed by atoms with Crippen LogP contribution in [0.1, 0.15) is 92.2 Å². The number of amides is 1. The Morgan fingerprint density at radius 3 is 2.33 bits per heavy atom. The van der Waals surface area contributed by atoms with Crippen LogP contribution in [-0.4, -0.2) is 52.1 Å². The minimum Gasteiger partial charge on any atom is -0.481 e. The third-order valence-electron chi connectivity index (χ3n) is 8.79. The van der Waals surface area contributed by atoms with Crippen molar-refractivity contribution in [3.8, 4) is 23.0 Å². The summed E-state index contributed by atoms with van der Waals surface area (Å²) in [6.07, 6.45) is -2.10. The van der Waals surface area contributed by atoms with Crippen LogP contribution in [-0.2, 0) is 22.2 Å². The molecule has 1 amide bonds. The summed E-state index contributed by atoms with van der Waals surface area (Å²) >= 11 is 0. The maximum atomic E-state index is 14.1. The van der Waals surface area contributed by atoms with E-state index in [1.165, 1.54) is 0 Å². The van der Waals surface area contributed by atoms with E-state index >= 15 is 0 Å². The molecule has 262 valence electrons. The number of carboxylic acids is 1. The van der Waals surface area contributed by atoms with Crippen molar-refractivity contribution in [2.45, 2.75) is 85.0 Å². The van der Waals surface area contributed by atoms with Crippen molar-refractivity contribution in [1.29, 1.82) is 0 Å². The Bertz CT molecular complexity index is 1810. The number of aryl methyl sites for hydroxylation is 2. The minimum atomic E-state index is -4.76. The van der Waals surface area contributed by atoms with Crippen molar-refractivity contribution in [3.05, 3.63) is 86.6 Å².